The molecule has 1 aromatic carbocycles. The molecule has 0 spiro atoms. The van der Waals surface area contributed by atoms with Crippen LogP contribution in [-0.2, 0) is 11.3 Å². The first-order valence-electron chi connectivity index (χ1n) is 8.70. The van der Waals surface area contributed by atoms with E-state index in [-0.39, 0.29) is 5.91 Å². The van der Waals surface area contributed by atoms with Crippen molar-refractivity contribution in [2.24, 2.45) is 4.99 Å². The van der Waals surface area contributed by atoms with Crippen LogP contribution in [0, 0.1) is 0 Å². The molecular weight excluding hydrogens is 288 g/mol. The fraction of sp³-hybridized carbons (Fsp3) is 0.556. The Labute approximate surface area is 138 Å². The highest BCUT2D eigenvalue weighted by molar-refractivity contribution is 5.95. The van der Waals surface area contributed by atoms with Gasteiger partial charge in [0.2, 0.25) is 5.91 Å². The Morgan fingerprint density at radius 2 is 1.87 bits per heavy atom. The number of nitrogens with one attached hydrogen (secondary N) is 1. The summed E-state index contributed by atoms with van der Waals surface area (Å²) in [7, 11) is 0. The van der Waals surface area contributed by atoms with Crippen LogP contribution >= 0.6 is 0 Å². The van der Waals surface area contributed by atoms with Crippen LogP contribution in [0.2, 0.25) is 0 Å². The van der Waals surface area contributed by atoms with Gasteiger partial charge < -0.3 is 15.1 Å². The van der Waals surface area contributed by atoms with Crippen molar-refractivity contribution >= 4 is 17.6 Å². The van der Waals surface area contributed by atoms with Gasteiger partial charge in [-0.3, -0.25) is 4.79 Å². The molecule has 1 amide bonds. The number of benzene rings is 1. The van der Waals surface area contributed by atoms with E-state index in [1.807, 2.05) is 17.0 Å². The van der Waals surface area contributed by atoms with Crippen LogP contribution in [0.15, 0.2) is 29.3 Å². The predicted octanol–water partition coefficient (Wildman–Crippen LogP) is 2.37. The summed E-state index contributed by atoms with van der Waals surface area (Å²) in [6.45, 7) is 6.71. The minimum atomic E-state index is 0.235. The molecule has 5 nitrogen and oxygen atoms in total. The Hall–Kier alpha value is -2.04. The van der Waals surface area contributed by atoms with Gasteiger partial charge in [-0.05, 0) is 43.9 Å². The molecule has 2 aliphatic heterocycles. The molecule has 0 bridgehead atoms. The van der Waals surface area contributed by atoms with E-state index in [2.05, 4.69) is 29.3 Å². The zero-order valence-corrected chi connectivity index (χ0v) is 13.9. The zero-order chi connectivity index (χ0) is 16.1. The normalized spacial score (nSPS) is 18.8. The molecule has 2 fully saturated rings. The Morgan fingerprint density at radius 3 is 2.48 bits per heavy atom. The van der Waals surface area contributed by atoms with E-state index in [4.69, 9.17) is 4.99 Å². The number of guanidine groups is 1. The maximum atomic E-state index is 11.8. The van der Waals surface area contributed by atoms with Crippen molar-refractivity contribution in [2.75, 3.05) is 31.1 Å². The smallest absolute Gasteiger partial charge is 0.227 e. The van der Waals surface area contributed by atoms with E-state index in [0.717, 1.165) is 44.2 Å². The molecule has 3 rings (SSSR count). The van der Waals surface area contributed by atoms with Crippen molar-refractivity contribution in [1.29, 1.82) is 0 Å². The lowest BCUT2D eigenvalue weighted by molar-refractivity contribution is -0.117. The second-order valence-electron chi connectivity index (χ2n) is 6.18. The minimum absolute atomic E-state index is 0.235. The molecule has 0 aliphatic carbocycles. The lowest BCUT2D eigenvalue weighted by Crippen LogP contribution is -2.39. The number of carbonyl (C=O) groups is 1. The molecule has 23 heavy (non-hydrogen) atoms. The number of carbonyl (C=O) groups excluding carboxylic acids is 1. The molecule has 2 saturated heterocycles. The summed E-state index contributed by atoms with van der Waals surface area (Å²) in [5, 5.41) is 3.38. The molecule has 2 heterocycles. The van der Waals surface area contributed by atoms with Gasteiger partial charge >= 0.3 is 0 Å². The van der Waals surface area contributed by atoms with E-state index in [0.29, 0.717) is 13.0 Å². The van der Waals surface area contributed by atoms with Crippen molar-refractivity contribution in [1.82, 2.24) is 10.2 Å². The molecule has 0 saturated carbocycles. The van der Waals surface area contributed by atoms with Gasteiger partial charge in [-0.15, -0.1) is 0 Å². The first kappa shape index (κ1) is 15.8. The lowest BCUT2D eigenvalue weighted by Gasteiger charge is -2.20. The molecule has 1 N–H and O–H groups in total. The summed E-state index contributed by atoms with van der Waals surface area (Å²) >= 11 is 0. The number of hydrogen-bond acceptors (Lipinski definition) is 2. The molecular formula is C18H26N4O. The third-order valence-electron chi connectivity index (χ3n) is 4.47. The van der Waals surface area contributed by atoms with Crippen LogP contribution in [0.5, 0.6) is 0 Å². The highest BCUT2D eigenvalue weighted by atomic mass is 16.2. The quantitative estimate of drug-likeness (QED) is 0.686. The van der Waals surface area contributed by atoms with Gasteiger partial charge in [0.1, 0.15) is 0 Å². The molecule has 0 atom stereocenters. The average molecular weight is 314 g/mol. The Morgan fingerprint density at radius 1 is 1.13 bits per heavy atom. The van der Waals surface area contributed by atoms with E-state index in [1.165, 1.54) is 18.4 Å². The zero-order valence-electron chi connectivity index (χ0n) is 13.9. The molecule has 2 aliphatic rings. The third kappa shape index (κ3) is 3.84. The summed E-state index contributed by atoms with van der Waals surface area (Å²) < 4.78 is 0. The van der Waals surface area contributed by atoms with Gasteiger partial charge in [0.15, 0.2) is 5.96 Å². The third-order valence-corrected chi connectivity index (χ3v) is 4.47. The maximum Gasteiger partial charge on any atom is 0.227 e. The Kier molecular flexibility index (Phi) is 5.16. The van der Waals surface area contributed by atoms with Crippen LogP contribution in [-0.4, -0.2) is 42.9 Å². The minimum Gasteiger partial charge on any atom is -0.357 e. The first-order chi connectivity index (χ1) is 11.3. The summed E-state index contributed by atoms with van der Waals surface area (Å²) in [4.78, 5) is 20.8. The monoisotopic (exact) mass is 314 g/mol. The van der Waals surface area contributed by atoms with Crippen LogP contribution in [0.3, 0.4) is 0 Å². The van der Waals surface area contributed by atoms with E-state index in [9.17, 15) is 4.79 Å². The van der Waals surface area contributed by atoms with Crippen LogP contribution in [0.1, 0.15) is 38.2 Å². The maximum absolute atomic E-state index is 11.8. The summed E-state index contributed by atoms with van der Waals surface area (Å²) in [5.74, 6) is 1.25. The van der Waals surface area contributed by atoms with Gasteiger partial charge in [-0.25, -0.2) is 4.99 Å². The molecule has 0 aromatic heterocycles. The SMILES string of the molecule is CCNC(=NCc1ccc(N2CCCC2=O)cc1)N1CCCC1. The number of aliphatic imine (C=N–C) groups is 1. The second kappa shape index (κ2) is 7.49. The average Bonchev–Trinajstić information content (AvgIpc) is 3.23. The van der Waals surface area contributed by atoms with E-state index >= 15 is 0 Å². The number of amides is 1. The summed E-state index contributed by atoms with van der Waals surface area (Å²) in [6, 6.07) is 8.24. The standard InChI is InChI=1S/C18H26N4O/c1-2-19-18(21-11-3-4-12-21)20-14-15-7-9-16(10-8-15)22-13-5-6-17(22)23/h7-10H,2-6,11-14H2,1H3,(H,19,20). The van der Waals surface area contributed by atoms with E-state index in [1.54, 1.807) is 0 Å². The molecule has 124 valence electrons. The van der Waals surface area contributed by atoms with Crippen molar-refractivity contribution in [3.63, 3.8) is 0 Å². The van der Waals surface area contributed by atoms with Gasteiger partial charge in [0.25, 0.3) is 0 Å². The summed E-state index contributed by atoms with van der Waals surface area (Å²) in [6.07, 6.45) is 4.15. The van der Waals surface area contributed by atoms with Crippen molar-refractivity contribution in [2.45, 2.75) is 39.2 Å². The highest BCUT2D eigenvalue weighted by Gasteiger charge is 2.21. The molecule has 5 heteroatoms. The van der Waals surface area contributed by atoms with Gasteiger partial charge in [-0.1, -0.05) is 12.1 Å². The second-order valence-corrected chi connectivity index (χ2v) is 6.18. The number of rotatable bonds is 4. The van der Waals surface area contributed by atoms with Gasteiger partial charge in [0.05, 0.1) is 6.54 Å². The predicted molar refractivity (Wildman–Crippen MR) is 93.7 cm³/mol. The van der Waals surface area contributed by atoms with Crippen LogP contribution in [0.4, 0.5) is 5.69 Å². The number of likely N-dealkylation sites (tertiary alicyclic amines) is 1. The topological polar surface area (TPSA) is 47.9 Å². The lowest BCUT2D eigenvalue weighted by atomic mass is 10.2. The van der Waals surface area contributed by atoms with Crippen molar-refractivity contribution in [3.8, 4) is 0 Å². The largest absolute Gasteiger partial charge is 0.357 e. The molecule has 0 radical (unpaired) electrons. The number of hydrogen-bond donors (Lipinski definition) is 1. The van der Waals surface area contributed by atoms with Gasteiger partial charge in [-0.2, -0.15) is 0 Å². The van der Waals surface area contributed by atoms with Crippen LogP contribution < -0.4 is 10.2 Å². The molecule has 1 aromatic rings. The fourth-order valence-corrected chi connectivity index (χ4v) is 3.22. The Bertz CT molecular complexity index is 561. The van der Waals surface area contributed by atoms with E-state index < -0.39 is 0 Å². The first-order valence-corrected chi connectivity index (χ1v) is 8.70. The fourth-order valence-electron chi connectivity index (χ4n) is 3.22. The van der Waals surface area contributed by atoms with Crippen molar-refractivity contribution < 1.29 is 4.79 Å². The van der Waals surface area contributed by atoms with Crippen LogP contribution in [0.25, 0.3) is 0 Å². The highest BCUT2D eigenvalue weighted by Crippen LogP contribution is 2.21. The number of nitrogens with zero attached hydrogens (tertiary/aromatic N) is 3. The summed E-state index contributed by atoms with van der Waals surface area (Å²) in [5.41, 5.74) is 2.18. The number of anilines is 1. The van der Waals surface area contributed by atoms with Gasteiger partial charge in [0, 0.05) is 38.3 Å². The van der Waals surface area contributed by atoms with Crippen molar-refractivity contribution in [3.05, 3.63) is 29.8 Å². The molecule has 0 unspecified atom stereocenters. The Balaban J connectivity index is 1.64.